The van der Waals surface area contributed by atoms with Crippen molar-refractivity contribution >= 4 is 11.6 Å². The van der Waals surface area contributed by atoms with E-state index in [-0.39, 0.29) is 11.3 Å². The third-order valence-electron chi connectivity index (χ3n) is 2.26. The second kappa shape index (κ2) is 5.10. The third-order valence-corrected chi connectivity index (χ3v) is 2.26. The maximum atomic E-state index is 12.1. The lowest BCUT2D eigenvalue weighted by molar-refractivity contribution is -0.120. The van der Waals surface area contributed by atoms with Crippen molar-refractivity contribution in [3.8, 4) is 0 Å². The molecule has 0 aliphatic carbocycles. The zero-order valence-corrected chi connectivity index (χ0v) is 10.5. The van der Waals surface area contributed by atoms with Crippen LogP contribution in [0.3, 0.4) is 0 Å². The van der Waals surface area contributed by atoms with Crippen LogP contribution in [0.4, 0.5) is 5.69 Å². The van der Waals surface area contributed by atoms with E-state index in [2.05, 4.69) is 25.8 Å². The highest BCUT2D eigenvalue weighted by Gasteiger charge is 2.21. The summed E-state index contributed by atoms with van der Waals surface area (Å²) in [5.41, 5.74) is 0.895. The molecular formula is C13H20N2O. The molecule has 0 saturated carbocycles. The average Bonchev–Trinajstić information content (AvgIpc) is 2.17. The zero-order chi connectivity index (χ0) is 12.2. The Hall–Kier alpha value is -1.38. The fourth-order valence-corrected chi connectivity index (χ4v) is 1.57. The molecule has 1 amide bonds. The highest BCUT2D eigenvalue weighted by molar-refractivity contribution is 5.93. The van der Waals surface area contributed by atoms with Gasteiger partial charge in [0.15, 0.2) is 0 Å². The van der Waals surface area contributed by atoms with E-state index in [1.165, 1.54) is 0 Å². The van der Waals surface area contributed by atoms with Crippen LogP contribution >= 0.6 is 0 Å². The normalized spacial score (nSPS) is 11.2. The number of rotatable bonds is 3. The molecule has 0 aliphatic heterocycles. The van der Waals surface area contributed by atoms with E-state index in [1.54, 1.807) is 17.3 Å². The first-order chi connectivity index (χ1) is 7.44. The summed E-state index contributed by atoms with van der Waals surface area (Å²) in [6.07, 6.45) is 3.99. The highest BCUT2D eigenvalue weighted by Crippen LogP contribution is 2.22. The van der Waals surface area contributed by atoms with Crippen LogP contribution in [0.2, 0.25) is 0 Å². The molecule has 1 heterocycles. The third kappa shape index (κ3) is 3.65. The fourth-order valence-electron chi connectivity index (χ4n) is 1.57. The standard InChI is InChI=1S/C13H20N2O/c1-5-15(11-7-6-8-14-10-11)12(16)9-13(2,3)4/h6-8,10H,5,9H2,1-4H3. The SMILES string of the molecule is CCN(C(=O)CC(C)(C)C)c1cccnc1. The Morgan fingerprint density at radius 1 is 1.44 bits per heavy atom. The molecule has 0 atom stereocenters. The number of amides is 1. The van der Waals surface area contributed by atoms with Crippen molar-refractivity contribution in [1.29, 1.82) is 0 Å². The Morgan fingerprint density at radius 2 is 2.12 bits per heavy atom. The quantitative estimate of drug-likeness (QED) is 0.784. The first-order valence-electron chi connectivity index (χ1n) is 5.64. The molecule has 0 aliphatic rings. The predicted molar refractivity (Wildman–Crippen MR) is 66.3 cm³/mol. The summed E-state index contributed by atoms with van der Waals surface area (Å²) >= 11 is 0. The predicted octanol–water partition coefficient (Wildman–Crippen LogP) is 2.87. The lowest BCUT2D eigenvalue weighted by atomic mass is 9.91. The maximum Gasteiger partial charge on any atom is 0.227 e. The van der Waals surface area contributed by atoms with Crippen molar-refractivity contribution in [3.05, 3.63) is 24.5 Å². The summed E-state index contributed by atoms with van der Waals surface area (Å²) in [6, 6.07) is 3.76. The van der Waals surface area contributed by atoms with Gasteiger partial charge in [-0.25, -0.2) is 0 Å². The molecule has 1 rings (SSSR count). The van der Waals surface area contributed by atoms with Gasteiger partial charge in [-0.3, -0.25) is 9.78 Å². The molecular weight excluding hydrogens is 200 g/mol. The summed E-state index contributed by atoms with van der Waals surface area (Å²) < 4.78 is 0. The van der Waals surface area contributed by atoms with Gasteiger partial charge in [-0.15, -0.1) is 0 Å². The van der Waals surface area contributed by atoms with E-state index < -0.39 is 0 Å². The number of anilines is 1. The summed E-state index contributed by atoms with van der Waals surface area (Å²) in [6.45, 7) is 8.88. The molecule has 0 fully saturated rings. The Labute approximate surface area is 97.5 Å². The summed E-state index contributed by atoms with van der Waals surface area (Å²) in [5, 5.41) is 0. The summed E-state index contributed by atoms with van der Waals surface area (Å²) in [4.78, 5) is 17.9. The lowest BCUT2D eigenvalue weighted by Gasteiger charge is -2.25. The monoisotopic (exact) mass is 220 g/mol. The van der Waals surface area contributed by atoms with Gasteiger partial charge in [-0.2, -0.15) is 0 Å². The van der Waals surface area contributed by atoms with Gasteiger partial charge >= 0.3 is 0 Å². The van der Waals surface area contributed by atoms with E-state index in [4.69, 9.17) is 0 Å². The molecule has 16 heavy (non-hydrogen) atoms. The van der Waals surface area contributed by atoms with E-state index in [9.17, 15) is 4.79 Å². The van der Waals surface area contributed by atoms with E-state index in [1.807, 2.05) is 19.1 Å². The molecule has 0 unspecified atom stereocenters. The van der Waals surface area contributed by atoms with Crippen molar-refractivity contribution in [3.63, 3.8) is 0 Å². The van der Waals surface area contributed by atoms with Gasteiger partial charge in [0.05, 0.1) is 11.9 Å². The molecule has 3 nitrogen and oxygen atoms in total. The molecule has 1 aromatic rings. The molecule has 3 heteroatoms. The van der Waals surface area contributed by atoms with E-state index in [0.717, 1.165) is 5.69 Å². The molecule has 88 valence electrons. The molecule has 1 aromatic heterocycles. The van der Waals surface area contributed by atoms with Crippen LogP contribution in [-0.4, -0.2) is 17.4 Å². The number of aromatic nitrogens is 1. The van der Waals surface area contributed by atoms with Crippen molar-refractivity contribution in [2.24, 2.45) is 5.41 Å². The van der Waals surface area contributed by atoms with Crippen LogP contribution in [0.25, 0.3) is 0 Å². The van der Waals surface area contributed by atoms with Crippen molar-refractivity contribution in [2.45, 2.75) is 34.1 Å². The molecule has 0 radical (unpaired) electrons. The van der Waals surface area contributed by atoms with Crippen LogP contribution in [0.1, 0.15) is 34.1 Å². The molecule has 0 aromatic carbocycles. The molecule has 0 spiro atoms. The second-order valence-electron chi connectivity index (χ2n) is 5.09. The van der Waals surface area contributed by atoms with Crippen LogP contribution in [0.15, 0.2) is 24.5 Å². The Balaban J connectivity index is 2.80. The number of pyridine rings is 1. The van der Waals surface area contributed by atoms with Gasteiger partial charge in [-0.05, 0) is 24.5 Å². The average molecular weight is 220 g/mol. The van der Waals surface area contributed by atoms with Gasteiger partial charge in [0.1, 0.15) is 0 Å². The van der Waals surface area contributed by atoms with Crippen LogP contribution in [-0.2, 0) is 4.79 Å². The number of nitrogens with zero attached hydrogens (tertiary/aromatic N) is 2. The molecule has 0 bridgehead atoms. The van der Waals surface area contributed by atoms with Crippen LogP contribution in [0.5, 0.6) is 0 Å². The first kappa shape index (κ1) is 12.7. The number of carbonyl (C=O) groups is 1. The van der Waals surface area contributed by atoms with Gasteiger partial charge in [-0.1, -0.05) is 20.8 Å². The summed E-state index contributed by atoms with van der Waals surface area (Å²) in [5.74, 6) is 0.156. The van der Waals surface area contributed by atoms with Gasteiger partial charge < -0.3 is 4.90 Å². The van der Waals surface area contributed by atoms with Crippen molar-refractivity contribution < 1.29 is 4.79 Å². The Morgan fingerprint density at radius 3 is 2.56 bits per heavy atom. The minimum atomic E-state index is 0.0205. The lowest BCUT2D eigenvalue weighted by Crippen LogP contribution is -2.33. The first-order valence-corrected chi connectivity index (χ1v) is 5.64. The van der Waals surface area contributed by atoms with Crippen molar-refractivity contribution in [2.75, 3.05) is 11.4 Å². The van der Waals surface area contributed by atoms with Crippen LogP contribution in [0, 0.1) is 5.41 Å². The minimum Gasteiger partial charge on any atom is -0.311 e. The number of carbonyl (C=O) groups excluding carboxylic acids is 1. The number of hydrogen-bond acceptors (Lipinski definition) is 2. The molecule has 0 N–H and O–H groups in total. The zero-order valence-electron chi connectivity index (χ0n) is 10.5. The Kier molecular flexibility index (Phi) is 4.05. The topological polar surface area (TPSA) is 33.2 Å². The van der Waals surface area contributed by atoms with Gasteiger partial charge in [0, 0.05) is 19.2 Å². The fraction of sp³-hybridized carbons (Fsp3) is 0.538. The second-order valence-corrected chi connectivity index (χ2v) is 5.09. The smallest absolute Gasteiger partial charge is 0.227 e. The van der Waals surface area contributed by atoms with Crippen molar-refractivity contribution in [1.82, 2.24) is 4.98 Å². The largest absolute Gasteiger partial charge is 0.311 e. The minimum absolute atomic E-state index is 0.0205. The summed E-state index contributed by atoms with van der Waals surface area (Å²) in [7, 11) is 0. The maximum absolute atomic E-state index is 12.1. The Bertz CT molecular complexity index is 341. The van der Waals surface area contributed by atoms with Crippen LogP contribution < -0.4 is 4.90 Å². The molecule has 0 saturated heterocycles. The van der Waals surface area contributed by atoms with Gasteiger partial charge in [0.2, 0.25) is 5.91 Å². The van der Waals surface area contributed by atoms with E-state index in [0.29, 0.717) is 13.0 Å². The van der Waals surface area contributed by atoms with E-state index >= 15 is 0 Å². The highest BCUT2D eigenvalue weighted by atomic mass is 16.2. The van der Waals surface area contributed by atoms with Gasteiger partial charge in [0.25, 0.3) is 0 Å². The number of hydrogen-bond donors (Lipinski definition) is 0.